The van der Waals surface area contributed by atoms with Crippen LogP contribution in [0.3, 0.4) is 0 Å². The van der Waals surface area contributed by atoms with Crippen molar-refractivity contribution < 1.29 is 0 Å². The molecule has 114 valence electrons. The van der Waals surface area contributed by atoms with Crippen molar-refractivity contribution in [3.05, 3.63) is 45.9 Å². The first-order valence-corrected chi connectivity index (χ1v) is 8.74. The molecule has 0 saturated heterocycles. The van der Waals surface area contributed by atoms with Gasteiger partial charge in [-0.2, -0.15) is 0 Å². The number of halogens is 1. The molecule has 0 radical (unpaired) electrons. The third-order valence-corrected chi connectivity index (χ3v) is 4.41. The van der Waals surface area contributed by atoms with Crippen molar-refractivity contribution in [1.29, 1.82) is 0 Å². The summed E-state index contributed by atoms with van der Waals surface area (Å²) in [5.74, 6) is 0.715. The molecule has 0 unspecified atom stereocenters. The fourth-order valence-electron chi connectivity index (χ4n) is 2.02. The molecule has 1 N–H and O–H groups in total. The van der Waals surface area contributed by atoms with Crippen LogP contribution in [0.15, 0.2) is 29.6 Å². The lowest BCUT2D eigenvalue weighted by molar-refractivity contribution is 0.571. The van der Waals surface area contributed by atoms with Crippen molar-refractivity contribution in [3.8, 4) is 0 Å². The van der Waals surface area contributed by atoms with Crippen LogP contribution in [0.25, 0.3) is 0 Å². The Morgan fingerprint density at radius 1 is 1.29 bits per heavy atom. The topological polar surface area (TPSA) is 24.9 Å². The lowest BCUT2D eigenvalue weighted by Crippen LogP contribution is -2.11. The van der Waals surface area contributed by atoms with Gasteiger partial charge < -0.3 is 5.32 Å². The van der Waals surface area contributed by atoms with Gasteiger partial charge in [-0.1, -0.05) is 32.9 Å². The predicted octanol–water partition coefficient (Wildman–Crippen LogP) is 5.22. The molecule has 2 aromatic rings. The van der Waals surface area contributed by atoms with Crippen LogP contribution >= 0.6 is 22.9 Å². The molecule has 0 aliphatic carbocycles. The summed E-state index contributed by atoms with van der Waals surface area (Å²) in [4.78, 5) is 4.71. The number of hydrogen-bond donors (Lipinski definition) is 1. The Balaban J connectivity index is 1.95. The van der Waals surface area contributed by atoms with E-state index in [-0.39, 0.29) is 5.41 Å². The molecular formula is C17H23ClN2S. The molecule has 0 atom stereocenters. The van der Waals surface area contributed by atoms with Crippen LogP contribution in [0.4, 0.5) is 5.69 Å². The Morgan fingerprint density at radius 3 is 2.76 bits per heavy atom. The minimum Gasteiger partial charge on any atom is -0.379 e. The normalized spacial score (nSPS) is 11.6. The molecule has 0 aliphatic rings. The van der Waals surface area contributed by atoms with Gasteiger partial charge in [-0.3, -0.25) is 0 Å². The Bertz CT molecular complexity index is 572. The summed E-state index contributed by atoms with van der Waals surface area (Å²) in [6.07, 6.45) is 2.05. The molecule has 21 heavy (non-hydrogen) atoms. The van der Waals surface area contributed by atoms with E-state index >= 15 is 0 Å². The number of aromatic nitrogens is 1. The highest BCUT2D eigenvalue weighted by atomic mass is 35.5. The second kappa shape index (κ2) is 7.28. The van der Waals surface area contributed by atoms with Gasteiger partial charge in [-0.25, -0.2) is 4.98 Å². The highest BCUT2D eigenvalue weighted by Gasteiger charge is 2.17. The summed E-state index contributed by atoms with van der Waals surface area (Å²) in [5.41, 5.74) is 3.76. The first kappa shape index (κ1) is 16.3. The second-order valence-corrected chi connectivity index (χ2v) is 7.54. The van der Waals surface area contributed by atoms with Crippen LogP contribution in [-0.2, 0) is 18.4 Å². The molecule has 2 nitrogen and oxygen atoms in total. The van der Waals surface area contributed by atoms with E-state index in [4.69, 9.17) is 16.6 Å². The average Bonchev–Trinajstić information content (AvgIpc) is 2.92. The Morgan fingerprint density at radius 2 is 2.10 bits per heavy atom. The number of nitrogens with zero attached hydrogens (tertiary/aromatic N) is 1. The first-order valence-electron chi connectivity index (χ1n) is 7.33. The summed E-state index contributed by atoms with van der Waals surface area (Å²) in [6, 6.07) is 8.54. The van der Waals surface area contributed by atoms with Gasteiger partial charge in [0.05, 0.1) is 12.2 Å². The Kier molecular flexibility index (Phi) is 5.65. The SMILES string of the molecule is CC(C)(C)c1csc(CNc2cccc(CCCCl)c2)n1. The van der Waals surface area contributed by atoms with Gasteiger partial charge in [0.25, 0.3) is 0 Å². The molecule has 0 saturated carbocycles. The fraction of sp³-hybridized carbons (Fsp3) is 0.471. The van der Waals surface area contributed by atoms with Gasteiger partial charge in [0, 0.05) is 22.4 Å². The van der Waals surface area contributed by atoms with E-state index in [2.05, 4.69) is 55.7 Å². The van der Waals surface area contributed by atoms with E-state index in [1.54, 1.807) is 11.3 Å². The van der Waals surface area contributed by atoms with Gasteiger partial charge in [0.1, 0.15) is 5.01 Å². The summed E-state index contributed by atoms with van der Waals surface area (Å²) < 4.78 is 0. The first-order chi connectivity index (χ1) is 9.99. The second-order valence-electron chi connectivity index (χ2n) is 6.22. The molecule has 0 spiro atoms. The molecule has 1 heterocycles. The van der Waals surface area contributed by atoms with E-state index in [1.807, 2.05) is 0 Å². The van der Waals surface area contributed by atoms with E-state index in [0.29, 0.717) is 5.88 Å². The molecule has 0 fully saturated rings. The monoisotopic (exact) mass is 322 g/mol. The van der Waals surface area contributed by atoms with Crippen molar-refractivity contribution in [2.75, 3.05) is 11.2 Å². The summed E-state index contributed by atoms with van der Waals surface area (Å²) >= 11 is 7.47. The Labute approximate surface area is 136 Å². The lowest BCUT2D eigenvalue weighted by atomic mass is 9.93. The number of alkyl halides is 1. The molecule has 4 heteroatoms. The predicted molar refractivity (Wildman–Crippen MR) is 93.6 cm³/mol. The zero-order chi connectivity index (χ0) is 15.3. The van der Waals surface area contributed by atoms with Gasteiger partial charge in [0.15, 0.2) is 0 Å². The quantitative estimate of drug-likeness (QED) is 0.737. The maximum Gasteiger partial charge on any atom is 0.112 e. The van der Waals surface area contributed by atoms with Crippen molar-refractivity contribution in [3.63, 3.8) is 0 Å². The zero-order valence-electron chi connectivity index (χ0n) is 12.9. The van der Waals surface area contributed by atoms with Gasteiger partial charge >= 0.3 is 0 Å². The maximum absolute atomic E-state index is 5.75. The van der Waals surface area contributed by atoms with Crippen molar-refractivity contribution in [1.82, 2.24) is 4.98 Å². The highest BCUT2D eigenvalue weighted by molar-refractivity contribution is 7.09. The van der Waals surface area contributed by atoms with Crippen LogP contribution < -0.4 is 5.32 Å². The molecule has 2 rings (SSSR count). The minimum absolute atomic E-state index is 0.121. The van der Waals surface area contributed by atoms with Crippen molar-refractivity contribution >= 4 is 28.6 Å². The van der Waals surface area contributed by atoms with E-state index in [1.165, 1.54) is 11.3 Å². The van der Waals surface area contributed by atoms with Gasteiger partial charge in [-0.15, -0.1) is 22.9 Å². The Hall–Kier alpha value is -1.06. The number of nitrogens with one attached hydrogen (secondary N) is 1. The number of benzene rings is 1. The number of anilines is 1. The number of thiazole rings is 1. The molecule has 0 amide bonds. The smallest absolute Gasteiger partial charge is 0.112 e. The summed E-state index contributed by atoms with van der Waals surface area (Å²) in [6.45, 7) is 7.36. The summed E-state index contributed by atoms with van der Waals surface area (Å²) in [5, 5.41) is 6.75. The third-order valence-electron chi connectivity index (χ3n) is 3.29. The van der Waals surface area contributed by atoms with Crippen LogP contribution in [0.1, 0.15) is 43.5 Å². The van der Waals surface area contributed by atoms with Crippen molar-refractivity contribution in [2.24, 2.45) is 0 Å². The molecule has 0 aliphatic heterocycles. The molecule has 1 aromatic carbocycles. The fourth-order valence-corrected chi connectivity index (χ4v) is 3.12. The van der Waals surface area contributed by atoms with Crippen LogP contribution in [0, 0.1) is 0 Å². The summed E-state index contributed by atoms with van der Waals surface area (Å²) in [7, 11) is 0. The molecule has 0 bridgehead atoms. The standard InChI is InChI=1S/C17H23ClN2S/c1-17(2,3)15-12-21-16(20-15)11-19-14-8-4-6-13(10-14)7-5-9-18/h4,6,8,10,12,19H,5,7,9,11H2,1-3H3. The third kappa shape index (κ3) is 5.01. The lowest BCUT2D eigenvalue weighted by Gasteiger charge is -2.14. The van der Waals surface area contributed by atoms with E-state index in [9.17, 15) is 0 Å². The molecule has 1 aromatic heterocycles. The number of hydrogen-bond acceptors (Lipinski definition) is 3. The van der Waals surface area contributed by atoms with E-state index < -0.39 is 0 Å². The molecular weight excluding hydrogens is 300 g/mol. The number of rotatable bonds is 6. The van der Waals surface area contributed by atoms with Crippen LogP contribution in [0.2, 0.25) is 0 Å². The van der Waals surface area contributed by atoms with Gasteiger partial charge in [-0.05, 0) is 30.5 Å². The largest absolute Gasteiger partial charge is 0.379 e. The average molecular weight is 323 g/mol. The van der Waals surface area contributed by atoms with Crippen LogP contribution in [-0.4, -0.2) is 10.9 Å². The highest BCUT2D eigenvalue weighted by Crippen LogP contribution is 2.24. The number of aryl methyl sites for hydroxylation is 1. The zero-order valence-corrected chi connectivity index (χ0v) is 14.5. The minimum atomic E-state index is 0.121. The van der Waals surface area contributed by atoms with Crippen LogP contribution in [0.5, 0.6) is 0 Å². The van der Waals surface area contributed by atoms with Gasteiger partial charge in [0.2, 0.25) is 0 Å². The maximum atomic E-state index is 5.75. The van der Waals surface area contributed by atoms with Crippen molar-refractivity contribution in [2.45, 2.75) is 45.6 Å². The van der Waals surface area contributed by atoms with E-state index in [0.717, 1.165) is 30.1 Å².